The minimum atomic E-state index is 0.0281. The number of unbranched alkanes of at least 4 members (excludes halogenated alkanes) is 1. The lowest BCUT2D eigenvalue weighted by Crippen LogP contribution is -2.33. The lowest BCUT2D eigenvalue weighted by Gasteiger charge is -2.12. The first-order valence-corrected chi connectivity index (χ1v) is 10.1. The summed E-state index contributed by atoms with van der Waals surface area (Å²) >= 11 is 1.43. The fourth-order valence-electron chi connectivity index (χ4n) is 2.42. The van der Waals surface area contributed by atoms with Crippen LogP contribution in [0, 0.1) is 0 Å². The molecule has 0 saturated heterocycles. The van der Waals surface area contributed by atoms with Gasteiger partial charge in [-0.05, 0) is 44.0 Å². The average Bonchev–Trinajstić information content (AvgIpc) is 3.07. The van der Waals surface area contributed by atoms with E-state index in [-0.39, 0.29) is 11.9 Å². The van der Waals surface area contributed by atoms with Gasteiger partial charge in [0.25, 0.3) is 0 Å². The van der Waals surface area contributed by atoms with Gasteiger partial charge in [0.1, 0.15) is 5.75 Å². The lowest BCUT2D eigenvalue weighted by atomic mass is 10.2. The molecule has 1 aromatic heterocycles. The fraction of sp³-hybridized carbons (Fsp3) is 0.526. The molecule has 0 fully saturated rings. The minimum Gasteiger partial charge on any atom is -0.497 e. The summed E-state index contributed by atoms with van der Waals surface area (Å²) in [5.41, 5.74) is 0.991. The number of hydrogen-bond donors (Lipinski definition) is 1. The number of carbonyl (C=O) groups is 1. The van der Waals surface area contributed by atoms with Crippen LogP contribution in [0.25, 0.3) is 11.4 Å². The van der Waals surface area contributed by atoms with Crippen molar-refractivity contribution in [3.63, 3.8) is 0 Å². The summed E-state index contributed by atoms with van der Waals surface area (Å²) in [6.07, 6.45) is 3.04. The predicted octanol–water partition coefficient (Wildman–Crippen LogP) is 3.76. The van der Waals surface area contributed by atoms with Crippen LogP contribution < -0.4 is 10.1 Å². The van der Waals surface area contributed by atoms with Gasteiger partial charge in [-0.25, -0.2) is 0 Å². The lowest BCUT2D eigenvalue weighted by molar-refractivity contribution is -0.119. The highest BCUT2D eigenvalue weighted by molar-refractivity contribution is 7.99. The Hall–Kier alpha value is -2.02. The molecule has 1 atom stereocenters. The topological polar surface area (TPSA) is 69.0 Å². The molecule has 1 N–H and O–H groups in total. The number of ether oxygens (including phenoxy) is 1. The van der Waals surface area contributed by atoms with E-state index in [1.807, 2.05) is 31.2 Å². The molecule has 0 aliphatic carbocycles. The second-order valence-electron chi connectivity index (χ2n) is 6.21. The molecule has 2 rings (SSSR count). The number of methoxy groups -OCH3 is 1. The molecule has 0 aliphatic rings. The Labute approximate surface area is 159 Å². The number of nitrogens with one attached hydrogen (secondary N) is 1. The van der Waals surface area contributed by atoms with Gasteiger partial charge in [-0.15, -0.1) is 10.2 Å². The van der Waals surface area contributed by atoms with E-state index in [1.165, 1.54) is 11.8 Å². The van der Waals surface area contributed by atoms with E-state index in [4.69, 9.17) is 4.74 Å². The monoisotopic (exact) mass is 376 g/mol. The van der Waals surface area contributed by atoms with Crippen LogP contribution in [-0.4, -0.2) is 39.6 Å². The number of hydrogen-bond acceptors (Lipinski definition) is 5. The molecule has 1 aromatic carbocycles. The summed E-state index contributed by atoms with van der Waals surface area (Å²) < 4.78 is 7.32. The van der Waals surface area contributed by atoms with Crippen molar-refractivity contribution in [1.29, 1.82) is 0 Å². The highest BCUT2D eigenvalue weighted by Crippen LogP contribution is 2.26. The van der Waals surface area contributed by atoms with Gasteiger partial charge in [0.2, 0.25) is 5.91 Å². The van der Waals surface area contributed by atoms with Gasteiger partial charge < -0.3 is 14.6 Å². The molecule has 0 saturated carbocycles. The standard InChI is InChI=1S/C19H28N4O2S/c1-5-7-12-23-18(15-8-10-16(25-4)11-9-15)21-22-19(23)26-13-17(24)20-14(3)6-2/h8-11,14H,5-7,12-13H2,1-4H3,(H,20,24). The van der Waals surface area contributed by atoms with Gasteiger partial charge in [-0.3, -0.25) is 4.79 Å². The first-order valence-electron chi connectivity index (χ1n) is 9.08. The largest absolute Gasteiger partial charge is 0.497 e. The second kappa shape index (κ2) is 10.2. The number of amides is 1. The number of nitrogens with zero attached hydrogens (tertiary/aromatic N) is 3. The third-order valence-electron chi connectivity index (χ3n) is 4.15. The molecule has 1 amide bonds. The number of carbonyl (C=O) groups excluding carboxylic acids is 1. The average molecular weight is 377 g/mol. The van der Waals surface area contributed by atoms with Crippen LogP contribution in [0.4, 0.5) is 0 Å². The van der Waals surface area contributed by atoms with E-state index in [0.717, 1.165) is 48.1 Å². The quantitative estimate of drug-likeness (QED) is 0.640. The van der Waals surface area contributed by atoms with Gasteiger partial charge in [0, 0.05) is 18.2 Å². The maximum absolute atomic E-state index is 12.1. The van der Waals surface area contributed by atoms with E-state index in [2.05, 4.69) is 33.9 Å². The first-order chi connectivity index (χ1) is 12.6. The summed E-state index contributed by atoms with van der Waals surface area (Å²) in [5, 5.41) is 12.5. The molecule has 7 heteroatoms. The van der Waals surface area contributed by atoms with Crippen LogP contribution in [0.15, 0.2) is 29.4 Å². The van der Waals surface area contributed by atoms with E-state index in [0.29, 0.717) is 5.75 Å². The molecule has 26 heavy (non-hydrogen) atoms. The van der Waals surface area contributed by atoms with Crippen LogP contribution >= 0.6 is 11.8 Å². The normalized spacial score (nSPS) is 12.0. The molecule has 142 valence electrons. The molecule has 0 aliphatic heterocycles. The third-order valence-corrected chi connectivity index (χ3v) is 5.12. The van der Waals surface area contributed by atoms with Crippen LogP contribution in [0.2, 0.25) is 0 Å². The Bertz CT molecular complexity index is 700. The SMILES string of the molecule is CCCCn1c(SCC(=O)NC(C)CC)nnc1-c1ccc(OC)cc1. The van der Waals surface area contributed by atoms with E-state index in [1.54, 1.807) is 7.11 Å². The van der Waals surface area contributed by atoms with Crippen molar-refractivity contribution in [2.45, 2.75) is 57.8 Å². The molecule has 6 nitrogen and oxygen atoms in total. The highest BCUT2D eigenvalue weighted by Gasteiger charge is 2.16. The van der Waals surface area contributed by atoms with Crippen LogP contribution in [0.5, 0.6) is 5.75 Å². The Morgan fingerprint density at radius 2 is 2.00 bits per heavy atom. The number of aromatic nitrogens is 3. The van der Waals surface area contributed by atoms with Gasteiger partial charge in [-0.1, -0.05) is 32.0 Å². The fourth-order valence-corrected chi connectivity index (χ4v) is 3.19. The van der Waals surface area contributed by atoms with Crippen molar-refractivity contribution in [2.24, 2.45) is 0 Å². The molecule has 0 radical (unpaired) electrons. The smallest absolute Gasteiger partial charge is 0.230 e. The maximum atomic E-state index is 12.1. The van der Waals surface area contributed by atoms with E-state index < -0.39 is 0 Å². The number of rotatable bonds is 10. The third kappa shape index (κ3) is 5.49. The van der Waals surface area contributed by atoms with Gasteiger partial charge in [-0.2, -0.15) is 0 Å². The summed E-state index contributed by atoms with van der Waals surface area (Å²) in [7, 11) is 1.65. The first kappa shape index (κ1) is 20.3. The van der Waals surface area contributed by atoms with Crippen molar-refractivity contribution in [2.75, 3.05) is 12.9 Å². The number of thioether (sulfide) groups is 1. The maximum Gasteiger partial charge on any atom is 0.230 e. The minimum absolute atomic E-state index is 0.0281. The zero-order chi connectivity index (χ0) is 18.9. The summed E-state index contributed by atoms with van der Waals surface area (Å²) in [5.74, 6) is 2.01. The molecule has 0 bridgehead atoms. The second-order valence-corrected chi connectivity index (χ2v) is 7.15. The number of benzene rings is 1. The van der Waals surface area contributed by atoms with Crippen molar-refractivity contribution >= 4 is 17.7 Å². The molecule has 1 heterocycles. The van der Waals surface area contributed by atoms with E-state index in [9.17, 15) is 4.79 Å². The zero-order valence-corrected chi connectivity index (χ0v) is 16.8. The summed E-state index contributed by atoms with van der Waals surface area (Å²) in [4.78, 5) is 12.1. The van der Waals surface area contributed by atoms with Gasteiger partial charge in [0.15, 0.2) is 11.0 Å². The Kier molecular flexibility index (Phi) is 7.97. The summed E-state index contributed by atoms with van der Waals surface area (Å²) in [6.45, 7) is 7.05. The van der Waals surface area contributed by atoms with Gasteiger partial charge >= 0.3 is 0 Å². The molecule has 2 aromatic rings. The molecular weight excluding hydrogens is 348 g/mol. The molecular formula is C19H28N4O2S. The van der Waals surface area contributed by atoms with Crippen molar-refractivity contribution < 1.29 is 9.53 Å². The van der Waals surface area contributed by atoms with Gasteiger partial charge in [0.05, 0.1) is 12.9 Å². The Morgan fingerprint density at radius 1 is 1.27 bits per heavy atom. The van der Waals surface area contributed by atoms with Crippen LogP contribution in [0.3, 0.4) is 0 Å². The highest BCUT2D eigenvalue weighted by atomic mass is 32.2. The van der Waals surface area contributed by atoms with Crippen molar-refractivity contribution in [3.05, 3.63) is 24.3 Å². The van der Waals surface area contributed by atoms with Crippen molar-refractivity contribution in [3.8, 4) is 17.1 Å². The molecule has 1 unspecified atom stereocenters. The zero-order valence-electron chi connectivity index (χ0n) is 16.0. The van der Waals surface area contributed by atoms with Crippen molar-refractivity contribution in [1.82, 2.24) is 20.1 Å². The summed E-state index contributed by atoms with van der Waals surface area (Å²) in [6, 6.07) is 7.99. The predicted molar refractivity (Wildman–Crippen MR) is 106 cm³/mol. The molecule has 0 spiro atoms. The van der Waals surface area contributed by atoms with Crippen LogP contribution in [-0.2, 0) is 11.3 Å². The van der Waals surface area contributed by atoms with Crippen LogP contribution in [0.1, 0.15) is 40.0 Å². The Balaban J connectivity index is 2.15. The van der Waals surface area contributed by atoms with E-state index >= 15 is 0 Å². The Morgan fingerprint density at radius 3 is 2.62 bits per heavy atom.